The van der Waals surface area contributed by atoms with Gasteiger partial charge in [-0.15, -0.1) is 0 Å². The molecule has 3 N–H and O–H groups in total. The van der Waals surface area contributed by atoms with E-state index in [2.05, 4.69) is 21.2 Å². The van der Waals surface area contributed by atoms with Crippen molar-refractivity contribution in [2.75, 3.05) is 25.3 Å². The number of amides is 1. The van der Waals surface area contributed by atoms with Gasteiger partial charge in [-0.2, -0.15) is 0 Å². The Morgan fingerprint density at radius 2 is 1.81 bits per heavy atom. The lowest BCUT2D eigenvalue weighted by Crippen LogP contribution is -2.14. The van der Waals surface area contributed by atoms with Crippen molar-refractivity contribution < 1.29 is 14.3 Å². The van der Waals surface area contributed by atoms with Gasteiger partial charge >= 0.3 is 0 Å². The van der Waals surface area contributed by atoms with Gasteiger partial charge in [0.25, 0.3) is 5.91 Å². The highest BCUT2D eigenvalue weighted by atomic mass is 79.9. The molecule has 0 atom stereocenters. The van der Waals surface area contributed by atoms with E-state index in [-0.39, 0.29) is 5.91 Å². The average molecular weight is 351 g/mol. The first-order valence-corrected chi connectivity index (χ1v) is 6.92. The SMILES string of the molecule is COc1cc(Br)cc(NC(=O)c2cc(OC)ccc2N)c1. The van der Waals surface area contributed by atoms with Gasteiger partial charge in [-0.05, 0) is 30.3 Å². The Labute approximate surface area is 131 Å². The minimum Gasteiger partial charge on any atom is -0.497 e. The van der Waals surface area contributed by atoms with E-state index >= 15 is 0 Å². The molecule has 0 heterocycles. The van der Waals surface area contributed by atoms with Crippen molar-refractivity contribution in [2.45, 2.75) is 0 Å². The summed E-state index contributed by atoms with van der Waals surface area (Å²) >= 11 is 3.36. The first-order valence-electron chi connectivity index (χ1n) is 6.13. The number of halogens is 1. The summed E-state index contributed by atoms with van der Waals surface area (Å²) in [5.74, 6) is 0.894. The highest BCUT2D eigenvalue weighted by Gasteiger charge is 2.12. The van der Waals surface area contributed by atoms with Crippen LogP contribution in [0.15, 0.2) is 40.9 Å². The summed E-state index contributed by atoms with van der Waals surface area (Å²) in [6.45, 7) is 0. The molecule has 0 radical (unpaired) electrons. The van der Waals surface area contributed by atoms with Crippen LogP contribution in [0, 0.1) is 0 Å². The van der Waals surface area contributed by atoms with Crippen LogP contribution in [0.3, 0.4) is 0 Å². The van der Waals surface area contributed by atoms with Gasteiger partial charge in [-0.1, -0.05) is 15.9 Å². The number of hydrogen-bond donors (Lipinski definition) is 2. The second-order valence-electron chi connectivity index (χ2n) is 4.29. The number of ether oxygens (including phenoxy) is 2. The molecule has 0 aromatic heterocycles. The van der Waals surface area contributed by atoms with Gasteiger partial charge in [0, 0.05) is 21.9 Å². The number of anilines is 2. The fourth-order valence-corrected chi connectivity index (χ4v) is 2.28. The van der Waals surface area contributed by atoms with Gasteiger partial charge in [-0.3, -0.25) is 4.79 Å². The van der Waals surface area contributed by atoms with Crippen LogP contribution >= 0.6 is 15.9 Å². The number of benzene rings is 2. The lowest BCUT2D eigenvalue weighted by molar-refractivity contribution is 0.102. The largest absolute Gasteiger partial charge is 0.497 e. The van der Waals surface area contributed by atoms with Gasteiger partial charge in [0.1, 0.15) is 11.5 Å². The molecule has 21 heavy (non-hydrogen) atoms. The van der Waals surface area contributed by atoms with Crippen LogP contribution in [0.2, 0.25) is 0 Å². The molecule has 2 aromatic carbocycles. The van der Waals surface area contributed by atoms with E-state index in [1.807, 2.05) is 0 Å². The highest BCUT2D eigenvalue weighted by molar-refractivity contribution is 9.10. The zero-order valence-corrected chi connectivity index (χ0v) is 13.2. The maximum absolute atomic E-state index is 12.3. The third-order valence-electron chi connectivity index (χ3n) is 2.87. The first-order chi connectivity index (χ1) is 10.0. The summed E-state index contributed by atoms with van der Waals surface area (Å²) in [6, 6.07) is 10.2. The van der Waals surface area contributed by atoms with E-state index < -0.39 is 0 Å². The van der Waals surface area contributed by atoms with Crippen LogP contribution in [0.5, 0.6) is 11.5 Å². The Morgan fingerprint density at radius 1 is 1.10 bits per heavy atom. The molecule has 0 aliphatic carbocycles. The molecule has 6 heteroatoms. The zero-order valence-electron chi connectivity index (χ0n) is 11.6. The molecule has 0 fully saturated rings. The lowest BCUT2D eigenvalue weighted by Gasteiger charge is -2.10. The van der Waals surface area contributed by atoms with E-state index in [4.69, 9.17) is 15.2 Å². The van der Waals surface area contributed by atoms with E-state index in [9.17, 15) is 4.79 Å². The fraction of sp³-hybridized carbons (Fsp3) is 0.133. The number of methoxy groups -OCH3 is 2. The molecule has 0 spiro atoms. The van der Waals surface area contributed by atoms with Gasteiger partial charge in [0.2, 0.25) is 0 Å². The minimum absolute atomic E-state index is 0.313. The zero-order chi connectivity index (χ0) is 15.4. The molecule has 5 nitrogen and oxygen atoms in total. The Morgan fingerprint density at radius 3 is 2.48 bits per heavy atom. The number of rotatable bonds is 4. The predicted octanol–water partition coefficient (Wildman–Crippen LogP) is 3.30. The maximum Gasteiger partial charge on any atom is 0.257 e. The smallest absolute Gasteiger partial charge is 0.257 e. The van der Waals surface area contributed by atoms with Gasteiger partial charge in [0.15, 0.2) is 0 Å². The third kappa shape index (κ3) is 3.66. The third-order valence-corrected chi connectivity index (χ3v) is 3.33. The van der Waals surface area contributed by atoms with Crippen LogP contribution in [0.4, 0.5) is 11.4 Å². The van der Waals surface area contributed by atoms with Crippen molar-refractivity contribution in [3.05, 3.63) is 46.4 Å². The van der Waals surface area contributed by atoms with E-state index in [0.717, 1.165) is 4.47 Å². The molecule has 110 valence electrons. The van der Waals surface area contributed by atoms with E-state index in [1.54, 1.807) is 43.5 Å². The molecular formula is C15H15BrN2O3. The van der Waals surface area contributed by atoms with Gasteiger partial charge in [0.05, 0.1) is 19.8 Å². The number of carbonyl (C=O) groups is 1. The lowest BCUT2D eigenvalue weighted by atomic mass is 10.1. The Kier molecular flexibility index (Phi) is 4.70. The normalized spacial score (nSPS) is 10.0. The molecule has 1 amide bonds. The minimum atomic E-state index is -0.313. The van der Waals surface area contributed by atoms with Gasteiger partial charge < -0.3 is 20.5 Å². The van der Waals surface area contributed by atoms with Crippen molar-refractivity contribution in [3.8, 4) is 11.5 Å². The number of carbonyl (C=O) groups excluding carboxylic acids is 1. The molecule has 0 aliphatic rings. The fourth-order valence-electron chi connectivity index (χ4n) is 1.81. The summed E-state index contributed by atoms with van der Waals surface area (Å²) < 4.78 is 11.1. The molecule has 0 saturated carbocycles. The van der Waals surface area contributed by atoms with Crippen LogP contribution in [-0.2, 0) is 0 Å². The first kappa shape index (κ1) is 15.2. The maximum atomic E-state index is 12.3. The summed E-state index contributed by atoms with van der Waals surface area (Å²) in [6.07, 6.45) is 0. The molecular weight excluding hydrogens is 336 g/mol. The molecule has 2 rings (SSSR count). The average Bonchev–Trinajstić information content (AvgIpc) is 2.46. The van der Waals surface area contributed by atoms with Crippen LogP contribution < -0.4 is 20.5 Å². The van der Waals surface area contributed by atoms with Crippen molar-refractivity contribution >= 4 is 33.2 Å². The van der Waals surface area contributed by atoms with E-state index in [1.165, 1.54) is 7.11 Å². The Hall–Kier alpha value is -2.21. The van der Waals surface area contributed by atoms with Crippen molar-refractivity contribution in [1.29, 1.82) is 0 Å². The van der Waals surface area contributed by atoms with E-state index in [0.29, 0.717) is 28.4 Å². The number of nitrogen functional groups attached to an aromatic ring is 1. The Bertz CT molecular complexity index is 674. The summed E-state index contributed by atoms with van der Waals surface area (Å²) in [5, 5.41) is 2.78. The topological polar surface area (TPSA) is 73.6 Å². The van der Waals surface area contributed by atoms with Crippen molar-refractivity contribution in [2.24, 2.45) is 0 Å². The molecule has 0 saturated heterocycles. The number of hydrogen-bond acceptors (Lipinski definition) is 4. The predicted molar refractivity (Wildman–Crippen MR) is 86.1 cm³/mol. The van der Waals surface area contributed by atoms with Crippen LogP contribution in [0.1, 0.15) is 10.4 Å². The summed E-state index contributed by atoms with van der Waals surface area (Å²) in [4.78, 5) is 12.3. The second kappa shape index (κ2) is 6.49. The monoisotopic (exact) mass is 350 g/mol. The highest BCUT2D eigenvalue weighted by Crippen LogP contribution is 2.26. The standard InChI is InChI=1S/C15H15BrN2O3/c1-20-11-3-4-14(17)13(8-11)15(19)18-10-5-9(16)6-12(7-10)21-2/h3-8H,17H2,1-2H3,(H,18,19). The second-order valence-corrected chi connectivity index (χ2v) is 5.20. The molecule has 0 aliphatic heterocycles. The van der Waals surface area contributed by atoms with Gasteiger partial charge in [-0.25, -0.2) is 0 Å². The van der Waals surface area contributed by atoms with Crippen LogP contribution in [0.25, 0.3) is 0 Å². The van der Waals surface area contributed by atoms with Crippen molar-refractivity contribution in [3.63, 3.8) is 0 Å². The molecule has 0 unspecified atom stereocenters. The number of nitrogens with two attached hydrogens (primary N) is 1. The Balaban J connectivity index is 2.27. The quantitative estimate of drug-likeness (QED) is 0.829. The summed E-state index contributed by atoms with van der Waals surface area (Å²) in [7, 11) is 3.10. The van der Waals surface area contributed by atoms with Crippen molar-refractivity contribution in [1.82, 2.24) is 0 Å². The summed E-state index contributed by atoms with van der Waals surface area (Å²) in [5.41, 5.74) is 7.18. The molecule has 2 aromatic rings. The number of nitrogens with one attached hydrogen (secondary N) is 1. The molecule has 0 bridgehead atoms. The van der Waals surface area contributed by atoms with Crippen LogP contribution in [-0.4, -0.2) is 20.1 Å².